The minimum absolute atomic E-state index is 0.0360. The molecule has 0 radical (unpaired) electrons. The number of nitrogens with zero attached hydrogens (tertiary/aromatic N) is 5. The summed E-state index contributed by atoms with van der Waals surface area (Å²) in [4.78, 5) is 30.3. The van der Waals surface area contributed by atoms with Crippen LogP contribution in [0.25, 0.3) is 0 Å². The first-order valence-corrected chi connectivity index (χ1v) is 6.66. The first-order chi connectivity index (χ1) is 9.84. The number of rotatable bonds is 2. The molecule has 1 aliphatic rings. The van der Waals surface area contributed by atoms with Gasteiger partial charge in [-0.05, 0) is 25.0 Å². The van der Waals surface area contributed by atoms with Crippen LogP contribution in [-0.2, 0) is 0 Å². The Hall–Kier alpha value is -2.37. The highest BCUT2D eigenvalue weighted by atomic mass is 16.2. The van der Waals surface area contributed by atoms with Crippen molar-refractivity contribution in [3.63, 3.8) is 0 Å². The van der Waals surface area contributed by atoms with Gasteiger partial charge in [-0.3, -0.25) is 4.79 Å². The Bertz CT molecular complexity index is 575. The molecule has 1 aliphatic heterocycles. The lowest BCUT2D eigenvalue weighted by molar-refractivity contribution is 0.0699. The Labute approximate surface area is 116 Å². The molecule has 0 saturated carbocycles. The van der Waals surface area contributed by atoms with Crippen LogP contribution in [0.2, 0.25) is 0 Å². The minimum atomic E-state index is -0.0360. The van der Waals surface area contributed by atoms with E-state index in [1.807, 2.05) is 11.0 Å². The quantitative estimate of drug-likeness (QED) is 0.821. The fourth-order valence-electron chi connectivity index (χ4n) is 2.52. The monoisotopic (exact) mass is 269 g/mol. The maximum Gasteiger partial charge on any atom is 0.272 e. The topological polar surface area (TPSA) is 71.9 Å². The van der Waals surface area contributed by atoms with Crippen LogP contribution in [0.5, 0.6) is 0 Å². The molecular weight excluding hydrogens is 254 g/mol. The Kier molecular flexibility index (Phi) is 3.62. The normalized spacial score (nSPS) is 18.8. The molecule has 3 rings (SSSR count). The van der Waals surface area contributed by atoms with Crippen molar-refractivity contribution in [3.05, 3.63) is 48.6 Å². The van der Waals surface area contributed by atoms with Gasteiger partial charge in [0.25, 0.3) is 5.91 Å². The van der Waals surface area contributed by atoms with Crippen LogP contribution in [0.4, 0.5) is 0 Å². The number of hydrogen-bond donors (Lipinski definition) is 0. The molecule has 1 fully saturated rings. The number of likely N-dealkylation sites (tertiary alicyclic amines) is 1. The van der Waals surface area contributed by atoms with Crippen LogP contribution < -0.4 is 0 Å². The fourth-order valence-corrected chi connectivity index (χ4v) is 2.52. The van der Waals surface area contributed by atoms with Crippen molar-refractivity contribution in [1.82, 2.24) is 24.8 Å². The average molecular weight is 269 g/mol. The van der Waals surface area contributed by atoms with E-state index in [-0.39, 0.29) is 11.8 Å². The molecule has 0 bridgehead atoms. The summed E-state index contributed by atoms with van der Waals surface area (Å²) < 4.78 is 0. The Morgan fingerprint density at radius 3 is 2.65 bits per heavy atom. The molecule has 0 aliphatic carbocycles. The van der Waals surface area contributed by atoms with Gasteiger partial charge in [0.15, 0.2) is 0 Å². The van der Waals surface area contributed by atoms with Gasteiger partial charge in [-0.25, -0.2) is 19.9 Å². The van der Waals surface area contributed by atoms with E-state index in [1.54, 1.807) is 24.8 Å². The summed E-state index contributed by atoms with van der Waals surface area (Å²) in [5.74, 6) is 0.240. The van der Waals surface area contributed by atoms with E-state index in [0.717, 1.165) is 25.1 Å². The zero-order valence-electron chi connectivity index (χ0n) is 11.0. The van der Waals surface area contributed by atoms with Crippen LogP contribution in [-0.4, -0.2) is 43.8 Å². The smallest absolute Gasteiger partial charge is 0.272 e. The maximum atomic E-state index is 12.4. The summed E-state index contributed by atoms with van der Waals surface area (Å²) in [5, 5.41) is 0. The van der Waals surface area contributed by atoms with E-state index < -0.39 is 0 Å². The summed E-state index contributed by atoms with van der Waals surface area (Å²) in [6, 6.07) is 3.57. The van der Waals surface area contributed by atoms with E-state index >= 15 is 0 Å². The molecular formula is C14H15N5O. The van der Waals surface area contributed by atoms with Gasteiger partial charge >= 0.3 is 0 Å². The highest BCUT2D eigenvalue weighted by Gasteiger charge is 2.26. The van der Waals surface area contributed by atoms with E-state index in [2.05, 4.69) is 19.9 Å². The average Bonchev–Trinajstić information content (AvgIpc) is 2.56. The van der Waals surface area contributed by atoms with Gasteiger partial charge < -0.3 is 4.90 Å². The zero-order chi connectivity index (χ0) is 13.8. The maximum absolute atomic E-state index is 12.4. The molecule has 1 unspecified atom stereocenters. The summed E-state index contributed by atoms with van der Waals surface area (Å²) in [6.45, 7) is 1.45. The molecule has 20 heavy (non-hydrogen) atoms. The van der Waals surface area contributed by atoms with E-state index in [9.17, 15) is 4.79 Å². The third-order valence-electron chi connectivity index (χ3n) is 3.53. The summed E-state index contributed by atoms with van der Waals surface area (Å²) in [6.07, 6.45) is 8.31. The van der Waals surface area contributed by atoms with Crippen molar-refractivity contribution >= 4 is 5.91 Å². The lowest BCUT2D eigenvalue weighted by Gasteiger charge is -2.32. The van der Waals surface area contributed by atoms with Crippen LogP contribution in [0, 0.1) is 0 Å². The molecule has 1 atom stereocenters. The number of hydrogen-bond acceptors (Lipinski definition) is 5. The van der Waals surface area contributed by atoms with Crippen molar-refractivity contribution in [3.8, 4) is 0 Å². The summed E-state index contributed by atoms with van der Waals surface area (Å²) in [5.41, 5.74) is 1.45. The zero-order valence-corrected chi connectivity index (χ0v) is 11.0. The molecule has 102 valence electrons. The first kappa shape index (κ1) is 12.7. The lowest BCUT2D eigenvalue weighted by atomic mass is 9.94. The molecule has 0 aromatic carbocycles. The highest BCUT2D eigenvalue weighted by molar-refractivity contribution is 5.92. The van der Waals surface area contributed by atoms with Crippen molar-refractivity contribution in [2.45, 2.75) is 18.8 Å². The van der Waals surface area contributed by atoms with E-state index in [4.69, 9.17) is 0 Å². The molecule has 2 aromatic rings. The number of piperidine rings is 1. The van der Waals surface area contributed by atoms with Gasteiger partial charge in [0, 0.05) is 37.1 Å². The lowest BCUT2D eigenvalue weighted by Crippen LogP contribution is -2.39. The SMILES string of the molecule is O=C(c1ccncn1)N1CCCC(c2ccncn2)C1. The summed E-state index contributed by atoms with van der Waals surface area (Å²) >= 11 is 0. The fraction of sp³-hybridized carbons (Fsp3) is 0.357. The van der Waals surface area contributed by atoms with Gasteiger partial charge in [-0.15, -0.1) is 0 Å². The van der Waals surface area contributed by atoms with Crippen LogP contribution in [0.3, 0.4) is 0 Å². The molecule has 0 N–H and O–H groups in total. The first-order valence-electron chi connectivity index (χ1n) is 6.66. The second kappa shape index (κ2) is 5.73. The number of carbonyl (C=O) groups excluding carboxylic acids is 1. The van der Waals surface area contributed by atoms with Crippen molar-refractivity contribution in [2.24, 2.45) is 0 Å². The Morgan fingerprint density at radius 1 is 1.15 bits per heavy atom. The van der Waals surface area contributed by atoms with Gasteiger partial charge in [-0.1, -0.05) is 0 Å². The Morgan fingerprint density at radius 2 is 1.95 bits per heavy atom. The minimum Gasteiger partial charge on any atom is -0.337 e. The molecule has 0 spiro atoms. The van der Waals surface area contributed by atoms with Crippen LogP contribution >= 0.6 is 0 Å². The van der Waals surface area contributed by atoms with Gasteiger partial charge in [0.1, 0.15) is 18.3 Å². The molecule has 6 nitrogen and oxygen atoms in total. The van der Waals surface area contributed by atoms with Gasteiger partial charge in [0.2, 0.25) is 0 Å². The second-order valence-corrected chi connectivity index (χ2v) is 4.82. The number of carbonyl (C=O) groups is 1. The predicted octanol–water partition coefficient (Wildman–Crippen LogP) is 1.29. The van der Waals surface area contributed by atoms with Gasteiger partial charge in [-0.2, -0.15) is 0 Å². The number of amides is 1. The highest BCUT2D eigenvalue weighted by Crippen LogP contribution is 2.25. The molecule has 2 aromatic heterocycles. The third-order valence-corrected chi connectivity index (χ3v) is 3.53. The van der Waals surface area contributed by atoms with E-state index in [1.165, 1.54) is 6.33 Å². The van der Waals surface area contributed by atoms with Crippen molar-refractivity contribution < 1.29 is 4.79 Å². The molecule has 1 saturated heterocycles. The van der Waals surface area contributed by atoms with Gasteiger partial charge in [0.05, 0.1) is 0 Å². The Balaban J connectivity index is 1.74. The summed E-state index contributed by atoms with van der Waals surface area (Å²) in [7, 11) is 0. The van der Waals surface area contributed by atoms with Crippen molar-refractivity contribution in [1.29, 1.82) is 0 Å². The van der Waals surface area contributed by atoms with Crippen LogP contribution in [0.15, 0.2) is 37.2 Å². The standard InChI is InChI=1S/C14H15N5O/c20-14(13-4-6-16-10-18-13)19-7-1-2-11(8-19)12-3-5-15-9-17-12/h3-6,9-11H,1-2,7-8H2. The van der Waals surface area contributed by atoms with Crippen LogP contribution in [0.1, 0.15) is 34.9 Å². The molecule has 1 amide bonds. The third kappa shape index (κ3) is 2.64. The van der Waals surface area contributed by atoms with E-state index in [0.29, 0.717) is 12.2 Å². The molecule has 3 heterocycles. The van der Waals surface area contributed by atoms with Crippen molar-refractivity contribution in [2.75, 3.05) is 13.1 Å². The largest absolute Gasteiger partial charge is 0.337 e. The number of aromatic nitrogens is 4. The predicted molar refractivity (Wildman–Crippen MR) is 71.9 cm³/mol. The second-order valence-electron chi connectivity index (χ2n) is 4.82. The molecule has 6 heteroatoms.